The standard InChI is InChI=1S/C52H32N4/c1-4-18-33(19-5-1)42-32-43(34-20-6-2-7-21-34)54-52(53-42)56-45-31-17-15-29-41(45)48-49-46(37-25-11-13-27-39(37)51(48)56)36-24-10-12-26-38(36)50-47(49)40-28-14-16-30-44(40)55(50)35-22-8-3-9-23-35/h1-32H. The predicted octanol–water partition coefficient (Wildman–Crippen LogP) is 13.5. The van der Waals surface area contributed by atoms with Gasteiger partial charge < -0.3 is 4.57 Å². The quantitative estimate of drug-likeness (QED) is 0.170. The van der Waals surface area contributed by atoms with Gasteiger partial charge in [0.05, 0.1) is 33.5 Å². The largest absolute Gasteiger partial charge is 0.309 e. The maximum absolute atomic E-state index is 5.41. The highest BCUT2D eigenvalue weighted by Gasteiger charge is 2.26. The normalized spacial score (nSPS) is 11.9. The van der Waals surface area contributed by atoms with Crippen LogP contribution >= 0.6 is 0 Å². The van der Waals surface area contributed by atoms with E-state index in [2.05, 4.69) is 191 Å². The van der Waals surface area contributed by atoms with Gasteiger partial charge in [-0.1, -0.05) is 164 Å². The summed E-state index contributed by atoms with van der Waals surface area (Å²) >= 11 is 0. The number of fused-ring (bicyclic) bond motifs is 15. The summed E-state index contributed by atoms with van der Waals surface area (Å²) in [4.78, 5) is 10.8. The van der Waals surface area contributed by atoms with Crippen molar-refractivity contribution in [1.82, 2.24) is 19.1 Å². The molecule has 0 aliphatic carbocycles. The van der Waals surface area contributed by atoms with Crippen molar-refractivity contribution in [2.45, 2.75) is 0 Å². The average molecular weight is 713 g/mol. The van der Waals surface area contributed by atoms with Crippen LogP contribution < -0.4 is 0 Å². The highest BCUT2D eigenvalue weighted by atomic mass is 15.2. The van der Waals surface area contributed by atoms with Crippen molar-refractivity contribution in [1.29, 1.82) is 0 Å². The molecule has 0 aliphatic rings. The van der Waals surface area contributed by atoms with E-state index in [0.717, 1.165) is 44.6 Å². The third kappa shape index (κ3) is 4.35. The third-order valence-electron chi connectivity index (χ3n) is 11.5. The molecule has 0 radical (unpaired) electrons. The van der Waals surface area contributed by atoms with Gasteiger partial charge in [0, 0.05) is 54.5 Å². The van der Waals surface area contributed by atoms with Gasteiger partial charge in [-0.2, -0.15) is 0 Å². The fourth-order valence-electron chi connectivity index (χ4n) is 9.20. The molecule has 12 aromatic rings. The van der Waals surface area contributed by atoms with Crippen LogP contribution in [0.2, 0.25) is 0 Å². The van der Waals surface area contributed by atoms with Crippen molar-refractivity contribution in [2.24, 2.45) is 0 Å². The highest BCUT2D eigenvalue weighted by molar-refractivity contribution is 6.45. The van der Waals surface area contributed by atoms with Crippen molar-refractivity contribution < 1.29 is 0 Å². The lowest BCUT2D eigenvalue weighted by atomic mass is 9.89. The van der Waals surface area contributed by atoms with Gasteiger partial charge in [-0.25, -0.2) is 9.97 Å². The van der Waals surface area contributed by atoms with Crippen LogP contribution in [-0.4, -0.2) is 19.1 Å². The molecule has 4 nitrogen and oxygen atoms in total. The molecule has 3 heterocycles. The van der Waals surface area contributed by atoms with E-state index in [1.165, 1.54) is 59.5 Å². The van der Waals surface area contributed by atoms with Crippen LogP contribution in [0.1, 0.15) is 0 Å². The molecule has 0 saturated heterocycles. The minimum atomic E-state index is 0.643. The summed E-state index contributed by atoms with van der Waals surface area (Å²) in [6.45, 7) is 0. The molecule has 0 unspecified atom stereocenters. The highest BCUT2D eigenvalue weighted by Crippen LogP contribution is 2.50. The van der Waals surface area contributed by atoms with E-state index in [1.54, 1.807) is 0 Å². The maximum Gasteiger partial charge on any atom is 0.235 e. The van der Waals surface area contributed by atoms with E-state index in [9.17, 15) is 0 Å². The summed E-state index contributed by atoms with van der Waals surface area (Å²) in [5.41, 5.74) is 9.56. The summed E-state index contributed by atoms with van der Waals surface area (Å²) in [6, 6.07) is 69.3. The summed E-state index contributed by atoms with van der Waals surface area (Å²) in [6.07, 6.45) is 0. The molecule has 12 rings (SSSR count). The molecule has 0 amide bonds. The van der Waals surface area contributed by atoms with E-state index >= 15 is 0 Å². The number of benzene rings is 9. The third-order valence-corrected chi connectivity index (χ3v) is 11.5. The summed E-state index contributed by atoms with van der Waals surface area (Å²) in [5.74, 6) is 0.643. The minimum Gasteiger partial charge on any atom is -0.309 e. The number of rotatable bonds is 4. The average Bonchev–Trinajstić information content (AvgIpc) is 3.81. The Bertz CT molecular complexity index is 3450. The van der Waals surface area contributed by atoms with Crippen molar-refractivity contribution in [3.05, 3.63) is 194 Å². The second-order valence-electron chi connectivity index (χ2n) is 14.5. The Kier molecular flexibility index (Phi) is 6.60. The van der Waals surface area contributed by atoms with Crippen LogP contribution in [0, 0.1) is 0 Å². The first kappa shape index (κ1) is 30.9. The first-order chi connectivity index (χ1) is 27.8. The van der Waals surface area contributed by atoms with Gasteiger partial charge in [-0.05, 0) is 46.5 Å². The van der Waals surface area contributed by atoms with Gasteiger partial charge in [0.1, 0.15) is 0 Å². The molecular formula is C52H32N4. The fraction of sp³-hybridized carbons (Fsp3) is 0. The molecule has 4 heteroatoms. The first-order valence-corrected chi connectivity index (χ1v) is 19.1. The molecule has 0 bridgehead atoms. The lowest BCUT2D eigenvalue weighted by molar-refractivity contribution is 0.998. The maximum atomic E-state index is 5.41. The smallest absolute Gasteiger partial charge is 0.235 e. The van der Waals surface area contributed by atoms with Gasteiger partial charge >= 0.3 is 0 Å². The van der Waals surface area contributed by atoms with Gasteiger partial charge in [0.25, 0.3) is 0 Å². The Labute approximate surface area is 322 Å². The van der Waals surface area contributed by atoms with Gasteiger partial charge in [0.15, 0.2) is 0 Å². The fourth-order valence-corrected chi connectivity index (χ4v) is 9.20. The van der Waals surface area contributed by atoms with Gasteiger partial charge in [-0.3, -0.25) is 4.57 Å². The minimum absolute atomic E-state index is 0.643. The van der Waals surface area contributed by atoms with E-state index in [-0.39, 0.29) is 0 Å². The molecule has 0 saturated carbocycles. The molecular weight excluding hydrogens is 681 g/mol. The Hall–Kier alpha value is -7.56. The van der Waals surface area contributed by atoms with Crippen LogP contribution in [0.3, 0.4) is 0 Å². The summed E-state index contributed by atoms with van der Waals surface area (Å²) in [7, 11) is 0. The predicted molar refractivity (Wildman–Crippen MR) is 234 cm³/mol. The number of nitrogens with zero attached hydrogens (tertiary/aromatic N) is 4. The van der Waals surface area contributed by atoms with Crippen LogP contribution in [0.5, 0.6) is 0 Å². The van der Waals surface area contributed by atoms with E-state index in [0.29, 0.717) is 5.95 Å². The van der Waals surface area contributed by atoms with Gasteiger partial charge in [-0.15, -0.1) is 0 Å². The Morgan fingerprint density at radius 1 is 0.304 bits per heavy atom. The molecule has 260 valence electrons. The Morgan fingerprint density at radius 2 is 0.696 bits per heavy atom. The van der Waals surface area contributed by atoms with Crippen LogP contribution in [-0.2, 0) is 0 Å². The van der Waals surface area contributed by atoms with E-state index < -0.39 is 0 Å². The number of hydrogen-bond acceptors (Lipinski definition) is 2. The Morgan fingerprint density at radius 3 is 1.21 bits per heavy atom. The summed E-state index contributed by atoms with van der Waals surface area (Å²) in [5, 5.41) is 12.2. The Balaban J connectivity index is 1.35. The van der Waals surface area contributed by atoms with E-state index in [1.807, 2.05) is 12.1 Å². The molecule has 3 aromatic heterocycles. The SMILES string of the molecule is c1ccc(-c2cc(-c3ccccc3)nc(-n3c4ccccc4c4c5c(c6ccccc6c6c5c5ccccc5n6-c5ccccc5)c5ccccc5c43)n2)cc1. The topological polar surface area (TPSA) is 35.6 Å². The zero-order valence-corrected chi connectivity index (χ0v) is 30.3. The van der Waals surface area contributed by atoms with Crippen LogP contribution in [0.25, 0.3) is 110 Å². The zero-order valence-electron chi connectivity index (χ0n) is 30.3. The van der Waals surface area contributed by atoms with Crippen LogP contribution in [0.15, 0.2) is 194 Å². The molecule has 0 spiro atoms. The first-order valence-electron chi connectivity index (χ1n) is 19.1. The van der Waals surface area contributed by atoms with Crippen molar-refractivity contribution in [2.75, 3.05) is 0 Å². The summed E-state index contributed by atoms with van der Waals surface area (Å²) < 4.78 is 4.79. The monoisotopic (exact) mass is 712 g/mol. The van der Waals surface area contributed by atoms with Crippen LogP contribution in [0.4, 0.5) is 0 Å². The molecule has 0 N–H and O–H groups in total. The lowest BCUT2D eigenvalue weighted by Gasteiger charge is -2.16. The molecule has 9 aromatic carbocycles. The van der Waals surface area contributed by atoms with Gasteiger partial charge in [0.2, 0.25) is 5.95 Å². The number of hydrogen-bond donors (Lipinski definition) is 0. The van der Waals surface area contributed by atoms with Crippen molar-refractivity contribution in [3.8, 4) is 34.2 Å². The lowest BCUT2D eigenvalue weighted by Crippen LogP contribution is -2.04. The second kappa shape index (κ2) is 12.0. The molecule has 56 heavy (non-hydrogen) atoms. The second-order valence-corrected chi connectivity index (χ2v) is 14.5. The van der Waals surface area contributed by atoms with Crippen molar-refractivity contribution >= 4 is 75.9 Å². The molecule has 0 fully saturated rings. The van der Waals surface area contributed by atoms with Crippen molar-refractivity contribution in [3.63, 3.8) is 0 Å². The number of aromatic nitrogens is 4. The number of para-hydroxylation sites is 3. The molecule has 0 aliphatic heterocycles. The zero-order chi connectivity index (χ0) is 36.7. The van der Waals surface area contributed by atoms with E-state index in [4.69, 9.17) is 9.97 Å². The molecule has 0 atom stereocenters.